The predicted molar refractivity (Wildman–Crippen MR) is 111 cm³/mol. The van der Waals surface area contributed by atoms with Crippen LogP contribution in [0.5, 0.6) is 0 Å². The Morgan fingerprint density at radius 1 is 1.07 bits per heavy atom. The first-order chi connectivity index (χ1) is 14.4. The van der Waals surface area contributed by atoms with Crippen molar-refractivity contribution in [3.05, 3.63) is 67.0 Å². The first kappa shape index (κ1) is 19.5. The molecular formula is C20H17N5O4S. The maximum absolute atomic E-state index is 12.9. The van der Waals surface area contributed by atoms with Gasteiger partial charge in [-0.15, -0.1) is 0 Å². The second kappa shape index (κ2) is 7.56. The van der Waals surface area contributed by atoms with Crippen LogP contribution in [-0.4, -0.2) is 37.0 Å². The number of hydrazone groups is 1. The molecule has 0 aliphatic carbocycles. The normalized spacial score (nSPS) is 16.3. The van der Waals surface area contributed by atoms with E-state index in [1.807, 2.05) is 4.72 Å². The molecule has 0 fully saturated rings. The number of benzene rings is 2. The fourth-order valence-corrected chi connectivity index (χ4v) is 4.46. The molecule has 30 heavy (non-hydrogen) atoms. The number of aromatic nitrogens is 1. The number of carbonyl (C=O) groups is 2. The minimum absolute atomic E-state index is 0.0549. The van der Waals surface area contributed by atoms with Crippen molar-refractivity contribution in [2.45, 2.75) is 17.4 Å². The summed E-state index contributed by atoms with van der Waals surface area (Å²) in [5.74, 6) is -1.58. The molecule has 3 aromatic rings. The summed E-state index contributed by atoms with van der Waals surface area (Å²) in [6, 6.07) is 14.1. The molecule has 1 aliphatic rings. The van der Waals surface area contributed by atoms with E-state index in [1.54, 1.807) is 48.5 Å². The zero-order chi connectivity index (χ0) is 21.3. The van der Waals surface area contributed by atoms with Gasteiger partial charge >= 0.3 is 0 Å². The van der Waals surface area contributed by atoms with Crippen molar-refractivity contribution in [1.82, 2.24) is 9.71 Å². The minimum Gasteiger partial charge on any atom is -0.368 e. The van der Waals surface area contributed by atoms with E-state index < -0.39 is 27.9 Å². The first-order valence-electron chi connectivity index (χ1n) is 8.98. The molecule has 0 bridgehead atoms. The molecule has 2 amide bonds. The van der Waals surface area contributed by atoms with Gasteiger partial charge < -0.3 is 5.73 Å². The third kappa shape index (κ3) is 3.60. The van der Waals surface area contributed by atoms with Crippen molar-refractivity contribution in [1.29, 1.82) is 0 Å². The van der Waals surface area contributed by atoms with Gasteiger partial charge in [-0.25, -0.2) is 13.1 Å². The molecule has 152 valence electrons. The largest absolute Gasteiger partial charge is 0.368 e. The van der Waals surface area contributed by atoms with Crippen LogP contribution < -0.4 is 15.5 Å². The highest BCUT2D eigenvalue weighted by Gasteiger charge is 2.36. The second-order valence-electron chi connectivity index (χ2n) is 6.64. The average Bonchev–Trinajstić information content (AvgIpc) is 3.20. The Hall–Kier alpha value is -3.79. The lowest BCUT2D eigenvalue weighted by molar-refractivity contribution is -0.119. The lowest BCUT2D eigenvalue weighted by Gasteiger charge is -2.20. The monoisotopic (exact) mass is 423 g/mol. The lowest BCUT2D eigenvalue weighted by Crippen LogP contribution is -2.40. The maximum atomic E-state index is 12.9. The SMILES string of the molecule is NC(=O)C1CC(C(=O)NS(=O)(=O)c2cccc3cnccc23)=NN1c1ccccc1. The number of sulfonamides is 1. The van der Waals surface area contributed by atoms with E-state index in [-0.39, 0.29) is 17.0 Å². The molecule has 1 aliphatic heterocycles. The molecule has 1 atom stereocenters. The smallest absolute Gasteiger partial charge is 0.281 e. The highest BCUT2D eigenvalue weighted by atomic mass is 32.2. The molecule has 0 saturated heterocycles. The van der Waals surface area contributed by atoms with Crippen LogP contribution in [0.25, 0.3) is 10.8 Å². The van der Waals surface area contributed by atoms with Gasteiger partial charge in [-0.05, 0) is 24.3 Å². The average molecular weight is 423 g/mol. The van der Waals surface area contributed by atoms with Crippen LogP contribution in [0.15, 0.2) is 77.0 Å². The number of carbonyl (C=O) groups excluding carboxylic acids is 2. The van der Waals surface area contributed by atoms with Gasteiger partial charge in [-0.2, -0.15) is 5.10 Å². The van der Waals surface area contributed by atoms with E-state index in [0.717, 1.165) is 0 Å². The van der Waals surface area contributed by atoms with Gasteiger partial charge in [0.05, 0.1) is 10.6 Å². The summed E-state index contributed by atoms with van der Waals surface area (Å²) in [6.45, 7) is 0. The number of anilines is 1. The predicted octanol–water partition coefficient (Wildman–Crippen LogP) is 1.16. The van der Waals surface area contributed by atoms with E-state index in [0.29, 0.717) is 16.5 Å². The van der Waals surface area contributed by atoms with Gasteiger partial charge in [0.25, 0.3) is 15.9 Å². The zero-order valence-corrected chi connectivity index (χ0v) is 16.4. The number of pyridine rings is 1. The molecule has 0 radical (unpaired) electrons. The van der Waals surface area contributed by atoms with E-state index in [2.05, 4.69) is 10.1 Å². The second-order valence-corrected chi connectivity index (χ2v) is 8.29. The van der Waals surface area contributed by atoms with Gasteiger partial charge in [0.15, 0.2) is 0 Å². The number of para-hydroxylation sites is 1. The maximum Gasteiger partial charge on any atom is 0.281 e. The highest BCUT2D eigenvalue weighted by molar-refractivity contribution is 7.90. The third-order valence-corrected chi connectivity index (χ3v) is 6.07. The number of nitrogens with one attached hydrogen (secondary N) is 1. The van der Waals surface area contributed by atoms with Gasteiger partial charge in [-0.1, -0.05) is 30.3 Å². The summed E-state index contributed by atoms with van der Waals surface area (Å²) >= 11 is 0. The zero-order valence-electron chi connectivity index (χ0n) is 15.6. The van der Waals surface area contributed by atoms with Crippen LogP contribution in [0.4, 0.5) is 5.69 Å². The van der Waals surface area contributed by atoms with E-state index in [4.69, 9.17) is 5.73 Å². The van der Waals surface area contributed by atoms with Crippen molar-refractivity contribution in [3.63, 3.8) is 0 Å². The number of rotatable bonds is 5. The Kier molecular flexibility index (Phi) is 4.92. The Bertz CT molecular complexity index is 1270. The molecule has 10 heteroatoms. The Labute approximate surface area is 172 Å². The van der Waals surface area contributed by atoms with Crippen LogP contribution >= 0.6 is 0 Å². The number of nitrogens with two attached hydrogens (primary N) is 1. The van der Waals surface area contributed by atoms with Crippen LogP contribution in [0.2, 0.25) is 0 Å². The van der Waals surface area contributed by atoms with Gasteiger partial charge in [0.1, 0.15) is 11.8 Å². The summed E-state index contributed by atoms with van der Waals surface area (Å²) in [4.78, 5) is 28.5. The molecule has 2 aromatic carbocycles. The number of amides is 2. The molecule has 1 unspecified atom stereocenters. The molecule has 2 heterocycles. The Morgan fingerprint density at radius 3 is 2.57 bits per heavy atom. The number of hydrogen-bond acceptors (Lipinski definition) is 7. The molecule has 4 rings (SSSR count). The van der Waals surface area contributed by atoms with Crippen molar-refractivity contribution in [2.75, 3.05) is 5.01 Å². The molecule has 0 spiro atoms. The van der Waals surface area contributed by atoms with E-state index >= 15 is 0 Å². The van der Waals surface area contributed by atoms with Crippen molar-refractivity contribution in [3.8, 4) is 0 Å². The van der Waals surface area contributed by atoms with Gasteiger partial charge in [0.2, 0.25) is 5.91 Å². The highest BCUT2D eigenvalue weighted by Crippen LogP contribution is 2.25. The van der Waals surface area contributed by atoms with Crippen molar-refractivity contribution in [2.24, 2.45) is 10.8 Å². The van der Waals surface area contributed by atoms with E-state index in [1.165, 1.54) is 23.5 Å². The third-order valence-electron chi connectivity index (χ3n) is 4.68. The topological polar surface area (TPSA) is 135 Å². The number of hydrogen-bond donors (Lipinski definition) is 2. The minimum atomic E-state index is -4.19. The number of fused-ring (bicyclic) bond motifs is 1. The van der Waals surface area contributed by atoms with Crippen LogP contribution in [0.3, 0.4) is 0 Å². The Balaban J connectivity index is 1.64. The van der Waals surface area contributed by atoms with Crippen LogP contribution in [0, 0.1) is 0 Å². The molecular weight excluding hydrogens is 406 g/mol. The summed E-state index contributed by atoms with van der Waals surface area (Å²) in [5.41, 5.74) is 5.92. The fraction of sp³-hybridized carbons (Fsp3) is 0.100. The van der Waals surface area contributed by atoms with Crippen molar-refractivity contribution >= 4 is 44.0 Å². The summed E-state index contributed by atoms with van der Waals surface area (Å²) in [5, 5.41) is 6.54. The summed E-state index contributed by atoms with van der Waals surface area (Å²) in [6.07, 6.45) is 2.90. The van der Waals surface area contributed by atoms with Gasteiger partial charge in [-0.3, -0.25) is 19.6 Å². The van der Waals surface area contributed by atoms with Gasteiger partial charge in [0, 0.05) is 29.6 Å². The summed E-state index contributed by atoms with van der Waals surface area (Å²) in [7, 11) is -4.19. The number of primary amides is 1. The standard InChI is InChI=1S/C20H17N5O4S/c21-19(26)17-11-16(23-25(17)14-6-2-1-3-7-14)20(27)24-30(28,29)18-8-4-5-13-12-22-10-9-15(13)18/h1-10,12,17H,11H2,(H2,21,26)(H,24,27). The quantitative estimate of drug-likeness (QED) is 0.632. The number of nitrogens with zero attached hydrogens (tertiary/aromatic N) is 3. The Morgan fingerprint density at radius 2 is 1.83 bits per heavy atom. The van der Waals surface area contributed by atoms with Crippen LogP contribution in [-0.2, 0) is 19.6 Å². The summed E-state index contributed by atoms with van der Waals surface area (Å²) < 4.78 is 27.8. The lowest BCUT2D eigenvalue weighted by atomic mass is 10.1. The van der Waals surface area contributed by atoms with Crippen molar-refractivity contribution < 1.29 is 18.0 Å². The molecule has 9 nitrogen and oxygen atoms in total. The fourth-order valence-electron chi connectivity index (χ4n) is 3.25. The molecule has 3 N–H and O–H groups in total. The molecule has 1 aromatic heterocycles. The van der Waals surface area contributed by atoms with E-state index in [9.17, 15) is 18.0 Å². The molecule has 0 saturated carbocycles. The first-order valence-corrected chi connectivity index (χ1v) is 10.5. The van der Waals surface area contributed by atoms with Crippen LogP contribution in [0.1, 0.15) is 6.42 Å².